The number of nitrogens with zero attached hydrogens (tertiary/aromatic N) is 3. The molecule has 1 aliphatic rings. The summed E-state index contributed by atoms with van der Waals surface area (Å²) in [5, 5.41) is 9.66. The maximum Gasteiger partial charge on any atom is 0.414 e. The SMILES string of the molecule is CNc1nc(CNCc2ccc(-c3ccc(N4C[C@H](CNC(C)=O)OC4=O)cc3F)cc2)ns1. The summed E-state index contributed by atoms with van der Waals surface area (Å²) < 4.78 is 24.4. The largest absolute Gasteiger partial charge is 0.442 e. The van der Waals surface area contributed by atoms with Crippen molar-refractivity contribution in [2.24, 2.45) is 0 Å². The number of carbonyl (C=O) groups excluding carboxylic acids is 2. The maximum atomic E-state index is 14.9. The Morgan fingerprint density at radius 2 is 2.03 bits per heavy atom. The van der Waals surface area contributed by atoms with Crippen LogP contribution in [0.15, 0.2) is 42.5 Å². The van der Waals surface area contributed by atoms with Gasteiger partial charge in [-0.1, -0.05) is 24.3 Å². The van der Waals surface area contributed by atoms with Gasteiger partial charge in [0, 0.05) is 37.6 Å². The number of benzene rings is 2. The van der Waals surface area contributed by atoms with E-state index in [2.05, 4.69) is 25.3 Å². The Kier molecular flexibility index (Phi) is 7.33. The Morgan fingerprint density at radius 3 is 2.71 bits per heavy atom. The van der Waals surface area contributed by atoms with Crippen LogP contribution < -0.4 is 20.9 Å². The molecule has 1 saturated heterocycles. The van der Waals surface area contributed by atoms with E-state index in [1.165, 1.54) is 29.4 Å². The predicted octanol–water partition coefficient (Wildman–Crippen LogP) is 3.14. The standard InChI is InChI=1S/C23H25FN6O3S/c1-14(31)27-11-18-13-30(23(32)33-18)17-7-8-19(20(24)9-17)16-5-3-15(4-6-16)10-26-12-21-28-22(25-2)34-29-21/h3-9,18,26H,10-13H2,1-2H3,(H,27,31)(H,25,28,29)/t18-/m0/s1. The van der Waals surface area contributed by atoms with Gasteiger partial charge in [-0.05, 0) is 29.3 Å². The minimum absolute atomic E-state index is 0.203. The number of aromatic nitrogens is 2. The molecule has 1 aromatic heterocycles. The second-order valence-corrected chi connectivity index (χ2v) is 8.54. The summed E-state index contributed by atoms with van der Waals surface area (Å²) in [6, 6.07) is 12.3. The second kappa shape index (κ2) is 10.6. The average Bonchev–Trinajstić information content (AvgIpc) is 3.44. The molecule has 2 aromatic carbocycles. The highest BCUT2D eigenvalue weighted by Gasteiger charge is 2.32. The third-order valence-electron chi connectivity index (χ3n) is 5.28. The summed E-state index contributed by atoms with van der Waals surface area (Å²) in [7, 11) is 1.81. The van der Waals surface area contributed by atoms with Crippen LogP contribution in [0, 0.1) is 5.82 Å². The quantitative estimate of drug-likeness (QED) is 0.428. The topological polar surface area (TPSA) is 108 Å². The summed E-state index contributed by atoms with van der Waals surface area (Å²) in [4.78, 5) is 28.9. The lowest BCUT2D eigenvalue weighted by atomic mass is 10.0. The van der Waals surface area contributed by atoms with Gasteiger partial charge in [-0.2, -0.15) is 4.37 Å². The van der Waals surface area contributed by atoms with Gasteiger partial charge >= 0.3 is 6.09 Å². The van der Waals surface area contributed by atoms with Gasteiger partial charge in [-0.3, -0.25) is 9.69 Å². The molecular weight excluding hydrogens is 459 g/mol. The van der Waals surface area contributed by atoms with Crippen molar-refractivity contribution in [1.29, 1.82) is 0 Å². The van der Waals surface area contributed by atoms with Crippen molar-refractivity contribution < 1.29 is 18.7 Å². The number of halogens is 1. The first-order chi connectivity index (χ1) is 16.4. The normalized spacial score (nSPS) is 15.3. The van der Waals surface area contributed by atoms with Crippen LogP contribution in [0.1, 0.15) is 18.3 Å². The summed E-state index contributed by atoms with van der Waals surface area (Å²) in [5.41, 5.74) is 2.64. The molecule has 0 spiro atoms. The number of hydrogen-bond acceptors (Lipinski definition) is 8. The Morgan fingerprint density at radius 1 is 1.24 bits per heavy atom. The molecular formula is C23H25FN6O3S. The van der Waals surface area contributed by atoms with Crippen molar-refractivity contribution in [3.05, 3.63) is 59.7 Å². The Bertz CT molecular complexity index is 1170. The molecule has 2 heterocycles. The number of cyclic esters (lactones) is 1. The number of rotatable bonds is 9. The highest BCUT2D eigenvalue weighted by Crippen LogP contribution is 2.29. The van der Waals surface area contributed by atoms with E-state index < -0.39 is 18.0 Å². The van der Waals surface area contributed by atoms with E-state index in [1.54, 1.807) is 12.1 Å². The van der Waals surface area contributed by atoms with E-state index >= 15 is 0 Å². The predicted molar refractivity (Wildman–Crippen MR) is 128 cm³/mol. The Balaban J connectivity index is 1.36. The minimum Gasteiger partial charge on any atom is -0.442 e. The van der Waals surface area contributed by atoms with Gasteiger partial charge in [0.05, 0.1) is 25.3 Å². The number of nitrogens with one attached hydrogen (secondary N) is 3. The fraction of sp³-hybridized carbons (Fsp3) is 0.304. The van der Waals surface area contributed by atoms with E-state index in [-0.39, 0.29) is 19.0 Å². The average molecular weight is 485 g/mol. The summed E-state index contributed by atoms with van der Waals surface area (Å²) in [6.45, 7) is 3.04. The number of carbonyl (C=O) groups is 2. The van der Waals surface area contributed by atoms with Crippen molar-refractivity contribution in [3.63, 3.8) is 0 Å². The second-order valence-electron chi connectivity index (χ2n) is 7.78. The molecule has 178 valence electrons. The molecule has 34 heavy (non-hydrogen) atoms. The smallest absolute Gasteiger partial charge is 0.414 e. The molecule has 1 fully saturated rings. The highest BCUT2D eigenvalue weighted by atomic mass is 32.1. The van der Waals surface area contributed by atoms with Gasteiger partial charge in [0.15, 0.2) is 5.82 Å². The number of hydrogen-bond donors (Lipinski definition) is 3. The lowest BCUT2D eigenvalue weighted by molar-refractivity contribution is -0.119. The van der Waals surface area contributed by atoms with Gasteiger partial charge in [0.1, 0.15) is 11.9 Å². The molecule has 0 radical (unpaired) electrons. The van der Waals surface area contributed by atoms with Crippen molar-refractivity contribution in [2.75, 3.05) is 30.4 Å². The first kappa shape index (κ1) is 23.6. The first-order valence-corrected chi connectivity index (χ1v) is 11.5. The van der Waals surface area contributed by atoms with Crippen LogP contribution in [0.4, 0.5) is 20.0 Å². The van der Waals surface area contributed by atoms with Crippen molar-refractivity contribution in [3.8, 4) is 11.1 Å². The number of anilines is 2. The fourth-order valence-electron chi connectivity index (χ4n) is 3.55. The number of ether oxygens (including phenoxy) is 1. The van der Waals surface area contributed by atoms with E-state index in [0.29, 0.717) is 24.3 Å². The minimum atomic E-state index is -0.561. The highest BCUT2D eigenvalue weighted by molar-refractivity contribution is 7.09. The fourth-order valence-corrected chi connectivity index (χ4v) is 4.09. The molecule has 9 nitrogen and oxygen atoms in total. The van der Waals surface area contributed by atoms with Gasteiger partial charge in [-0.25, -0.2) is 14.2 Å². The van der Waals surface area contributed by atoms with E-state index in [4.69, 9.17) is 4.74 Å². The third kappa shape index (κ3) is 5.67. The van der Waals surface area contributed by atoms with Crippen LogP contribution in [0.25, 0.3) is 11.1 Å². The molecule has 2 amide bonds. The van der Waals surface area contributed by atoms with Crippen molar-refractivity contribution >= 4 is 34.4 Å². The molecule has 1 aliphatic heterocycles. The van der Waals surface area contributed by atoms with E-state index in [1.807, 2.05) is 31.3 Å². The molecule has 3 N–H and O–H groups in total. The van der Waals surface area contributed by atoms with Crippen LogP contribution in [-0.4, -0.2) is 47.6 Å². The lowest BCUT2D eigenvalue weighted by Crippen LogP contribution is -2.33. The van der Waals surface area contributed by atoms with Gasteiger partial charge in [0.2, 0.25) is 11.0 Å². The first-order valence-electron chi connectivity index (χ1n) is 10.8. The molecule has 3 aromatic rings. The van der Waals surface area contributed by atoms with Crippen LogP contribution in [0.5, 0.6) is 0 Å². The lowest BCUT2D eigenvalue weighted by Gasteiger charge is -2.15. The van der Waals surface area contributed by atoms with Crippen LogP contribution in [-0.2, 0) is 22.6 Å². The summed E-state index contributed by atoms with van der Waals surface area (Å²) in [6.07, 6.45) is -1.04. The van der Waals surface area contributed by atoms with Crippen molar-refractivity contribution in [1.82, 2.24) is 20.0 Å². The zero-order valence-electron chi connectivity index (χ0n) is 18.8. The maximum absolute atomic E-state index is 14.9. The summed E-state index contributed by atoms with van der Waals surface area (Å²) in [5.74, 6) is 0.0965. The summed E-state index contributed by atoms with van der Waals surface area (Å²) >= 11 is 1.32. The van der Waals surface area contributed by atoms with Crippen LogP contribution in [0.3, 0.4) is 0 Å². The zero-order valence-corrected chi connectivity index (χ0v) is 19.6. The molecule has 0 aliphatic carbocycles. The number of amides is 2. The monoisotopic (exact) mass is 484 g/mol. The van der Waals surface area contributed by atoms with E-state index in [0.717, 1.165) is 22.1 Å². The molecule has 4 rings (SSSR count). The Hall–Kier alpha value is -3.57. The molecule has 1 atom stereocenters. The van der Waals surface area contributed by atoms with Crippen LogP contribution in [0.2, 0.25) is 0 Å². The Labute approximate surface area is 200 Å². The van der Waals surface area contributed by atoms with E-state index in [9.17, 15) is 14.0 Å². The van der Waals surface area contributed by atoms with Crippen molar-refractivity contribution in [2.45, 2.75) is 26.1 Å². The molecule has 0 bridgehead atoms. The van der Waals surface area contributed by atoms with Gasteiger partial charge in [0.25, 0.3) is 0 Å². The van der Waals surface area contributed by atoms with Gasteiger partial charge < -0.3 is 20.7 Å². The third-order valence-corrected chi connectivity index (χ3v) is 6.05. The van der Waals surface area contributed by atoms with Gasteiger partial charge in [-0.15, -0.1) is 0 Å². The zero-order chi connectivity index (χ0) is 24.1. The molecule has 0 unspecified atom stereocenters. The molecule has 11 heteroatoms. The van der Waals surface area contributed by atoms with Crippen LogP contribution >= 0.6 is 11.5 Å². The molecule has 0 saturated carbocycles.